The van der Waals surface area contributed by atoms with Gasteiger partial charge in [-0.1, -0.05) is 12.8 Å². The fourth-order valence-corrected chi connectivity index (χ4v) is 3.50. The number of carbonyl (C=O) groups is 1. The van der Waals surface area contributed by atoms with E-state index in [0.717, 1.165) is 29.9 Å². The second-order valence-corrected chi connectivity index (χ2v) is 6.59. The molecule has 6 nitrogen and oxygen atoms in total. The monoisotopic (exact) mass is 380 g/mol. The molecule has 7 heteroatoms. The molecule has 0 aliphatic heterocycles. The van der Waals surface area contributed by atoms with Gasteiger partial charge in [0, 0.05) is 24.2 Å². The first-order valence-corrected chi connectivity index (χ1v) is 9.40. The third-order valence-corrected chi connectivity index (χ3v) is 4.93. The Bertz CT molecular complexity index is 618. The lowest BCUT2D eigenvalue weighted by Crippen LogP contribution is -2.46. The summed E-state index contributed by atoms with van der Waals surface area (Å²) in [5.74, 6) is 1.21. The number of esters is 1. The van der Waals surface area contributed by atoms with E-state index < -0.39 is 0 Å². The molecule has 26 heavy (non-hydrogen) atoms. The molecular formula is C19H28N2O4S. The minimum atomic E-state index is -0.303. The first kappa shape index (κ1) is 20.3. The van der Waals surface area contributed by atoms with E-state index in [0.29, 0.717) is 24.3 Å². The molecule has 1 saturated carbocycles. The Morgan fingerprint density at radius 2 is 2.00 bits per heavy atom. The van der Waals surface area contributed by atoms with E-state index in [1.807, 2.05) is 18.2 Å². The number of hydrogen-bond acceptors (Lipinski definition) is 5. The minimum absolute atomic E-state index is 0.0790. The highest BCUT2D eigenvalue weighted by Gasteiger charge is 2.26. The Balaban J connectivity index is 2.12. The number of carbonyl (C=O) groups excluding carboxylic acids is 1. The lowest BCUT2D eigenvalue weighted by molar-refractivity contribution is -0.141. The van der Waals surface area contributed by atoms with Gasteiger partial charge < -0.3 is 24.4 Å². The molecule has 0 unspecified atom stereocenters. The molecule has 0 spiro atoms. The van der Waals surface area contributed by atoms with Crippen molar-refractivity contribution < 1.29 is 19.0 Å². The number of ether oxygens (including phenoxy) is 3. The van der Waals surface area contributed by atoms with Crippen molar-refractivity contribution in [3.8, 4) is 11.5 Å². The van der Waals surface area contributed by atoms with E-state index in [-0.39, 0.29) is 12.5 Å². The largest absolute Gasteiger partial charge is 0.497 e. The number of benzene rings is 1. The molecule has 0 amide bonds. The first-order valence-electron chi connectivity index (χ1n) is 9.00. The van der Waals surface area contributed by atoms with Crippen molar-refractivity contribution in [1.82, 2.24) is 10.2 Å². The van der Waals surface area contributed by atoms with Gasteiger partial charge in [0.1, 0.15) is 18.0 Å². The van der Waals surface area contributed by atoms with Crippen LogP contribution in [0.3, 0.4) is 0 Å². The molecule has 1 aliphatic rings. The molecule has 1 fully saturated rings. The molecule has 0 bridgehead atoms. The average molecular weight is 381 g/mol. The summed E-state index contributed by atoms with van der Waals surface area (Å²) >= 11 is 5.58. The van der Waals surface area contributed by atoms with Gasteiger partial charge in [0.25, 0.3) is 0 Å². The molecule has 0 saturated heterocycles. The maximum Gasteiger partial charge on any atom is 0.325 e. The van der Waals surface area contributed by atoms with Gasteiger partial charge in [-0.15, -0.1) is 0 Å². The van der Waals surface area contributed by atoms with Crippen molar-refractivity contribution in [3.63, 3.8) is 0 Å². The van der Waals surface area contributed by atoms with Crippen LogP contribution < -0.4 is 14.8 Å². The van der Waals surface area contributed by atoms with Crippen LogP contribution in [0, 0.1) is 0 Å². The quantitative estimate of drug-likeness (QED) is 0.550. The standard InChI is InChI=1S/C19H28N2O4S/c1-4-25-18(22)12-20-19(26)21(15-7-5-6-8-15)13-14-9-10-16(23-2)11-17(14)24-3/h9-11,15H,4-8,12-13H2,1-3H3,(H,20,26). The molecule has 0 atom stereocenters. The van der Waals surface area contributed by atoms with Gasteiger partial charge in [0.2, 0.25) is 0 Å². The fourth-order valence-electron chi connectivity index (χ4n) is 3.21. The summed E-state index contributed by atoms with van der Waals surface area (Å²) in [7, 11) is 3.28. The van der Waals surface area contributed by atoms with E-state index in [9.17, 15) is 4.79 Å². The van der Waals surface area contributed by atoms with Crippen LogP contribution in [-0.2, 0) is 16.1 Å². The SMILES string of the molecule is CCOC(=O)CNC(=S)N(Cc1ccc(OC)cc1OC)C1CCCC1. The zero-order valence-electron chi connectivity index (χ0n) is 15.7. The first-order chi connectivity index (χ1) is 12.6. The molecule has 1 aromatic rings. The van der Waals surface area contributed by atoms with Crippen molar-refractivity contribution in [3.05, 3.63) is 23.8 Å². The maximum absolute atomic E-state index is 11.6. The Morgan fingerprint density at radius 1 is 1.27 bits per heavy atom. The molecule has 1 aromatic carbocycles. The smallest absolute Gasteiger partial charge is 0.325 e. The van der Waals surface area contributed by atoms with E-state index in [1.54, 1.807) is 21.1 Å². The number of rotatable bonds is 8. The molecule has 0 radical (unpaired) electrons. The molecule has 1 N–H and O–H groups in total. The third-order valence-electron chi connectivity index (χ3n) is 4.55. The zero-order chi connectivity index (χ0) is 18.9. The highest BCUT2D eigenvalue weighted by Crippen LogP contribution is 2.29. The Hall–Kier alpha value is -2.02. The van der Waals surface area contributed by atoms with Gasteiger partial charge in [-0.2, -0.15) is 0 Å². The van der Waals surface area contributed by atoms with E-state index in [1.165, 1.54) is 12.8 Å². The molecule has 2 rings (SSSR count). The summed E-state index contributed by atoms with van der Waals surface area (Å²) in [6, 6.07) is 6.15. The number of methoxy groups -OCH3 is 2. The van der Waals surface area contributed by atoms with Gasteiger partial charge in [-0.25, -0.2) is 0 Å². The van der Waals surface area contributed by atoms with Crippen molar-refractivity contribution in [2.24, 2.45) is 0 Å². The number of nitrogens with zero attached hydrogens (tertiary/aromatic N) is 1. The van der Waals surface area contributed by atoms with Gasteiger partial charge in [-0.05, 0) is 44.1 Å². The zero-order valence-corrected chi connectivity index (χ0v) is 16.6. The highest BCUT2D eigenvalue weighted by atomic mass is 32.1. The molecule has 0 aromatic heterocycles. The minimum Gasteiger partial charge on any atom is -0.497 e. The van der Waals surface area contributed by atoms with Crippen LogP contribution in [0.15, 0.2) is 18.2 Å². The van der Waals surface area contributed by atoms with Crippen molar-refractivity contribution in [2.45, 2.75) is 45.2 Å². The van der Waals surface area contributed by atoms with Crippen LogP contribution in [-0.4, -0.2) is 49.4 Å². The summed E-state index contributed by atoms with van der Waals surface area (Å²) in [6.45, 7) is 2.85. The van der Waals surface area contributed by atoms with Crippen LogP contribution in [0.25, 0.3) is 0 Å². The topological polar surface area (TPSA) is 60.0 Å². The van der Waals surface area contributed by atoms with E-state index >= 15 is 0 Å². The lowest BCUT2D eigenvalue weighted by Gasteiger charge is -2.32. The van der Waals surface area contributed by atoms with Crippen LogP contribution in [0.2, 0.25) is 0 Å². The van der Waals surface area contributed by atoms with E-state index in [4.69, 9.17) is 26.4 Å². The summed E-state index contributed by atoms with van der Waals surface area (Å²) in [4.78, 5) is 13.8. The molecule has 144 valence electrons. The van der Waals surface area contributed by atoms with E-state index in [2.05, 4.69) is 10.2 Å². The molecule has 0 heterocycles. The van der Waals surface area contributed by atoms with Crippen LogP contribution >= 0.6 is 12.2 Å². The van der Waals surface area contributed by atoms with Crippen molar-refractivity contribution >= 4 is 23.3 Å². The van der Waals surface area contributed by atoms with Gasteiger partial charge >= 0.3 is 5.97 Å². The van der Waals surface area contributed by atoms with Crippen LogP contribution in [0.5, 0.6) is 11.5 Å². The fraction of sp³-hybridized carbons (Fsp3) is 0.579. The predicted molar refractivity (Wildman–Crippen MR) is 105 cm³/mol. The second kappa shape index (κ2) is 10.2. The maximum atomic E-state index is 11.6. The van der Waals surface area contributed by atoms with Crippen molar-refractivity contribution in [2.75, 3.05) is 27.4 Å². The summed E-state index contributed by atoms with van der Waals surface area (Å²) in [5, 5.41) is 3.61. The number of hydrogen-bond donors (Lipinski definition) is 1. The van der Waals surface area contributed by atoms with Gasteiger partial charge in [-0.3, -0.25) is 4.79 Å². The Kier molecular flexibility index (Phi) is 7.97. The molecule has 1 aliphatic carbocycles. The van der Waals surface area contributed by atoms with Gasteiger partial charge in [0.15, 0.2) is 5.11 Å². The third kappa shape index (κ3) is 5.49. The summed E-state index contributed by atoms with van der Waals surface area (Å²) in [6.07, 6.45) is 4.59. The lowest BCUT2D eigenvalue weighted by atomic mass is 10.1. The number of thiocarbonyl (C=S) groups is 1. The Labute approximate surface area is 160 Å². The number of nitrogens with one attached hydrogen (secondary N) is 1. The second-order valence-electron chi connectivity index (χ2n) is 6.21. The van der Waals surface area contributed by atoms with Crippen molar-refractivity contribution in [1.29, 1.82) is 0 Å². The Morgan fingerprint density at radius 3 is 2.62 bits per heavy atom. The average Bonchev–Trinajstić information content (AvgIpc) is 3.18. The van der Waals surface area contributed by atoms with Crippen LogP contribution in [0.4, 0.5) is 0 Å². The summed E-state index contributed by atoms with van der Waals surface area (Å²) in [5.41, 5.74) is 1.03. The van der Waals surface area contributed by atoms with Crippen LogP contribution in [0.1, 0.15) is 38.2 Å². The molecular weight excluding hydrogens is 352 g/mol. The highest BCUT2D eigenvalue weighted by molar-refractivity contribution is 7.80. The van der Waals surface area contributed by atoms with Gasteiger partial charge in [0.05, 0.1) is 20.8 Å². The normalized spacial score (nSPS) is 14.0. The summed E-state index contributed by atoms with van der Waals surface area (Å²) < 4.78 is 15.7. The predicted octanol–water partition coefficient (Wildman–Crippen LogP) is 2.89.